The molecule has 0 N–H and O–H groups in total. The minimum absolute atomic E-state index is 0.0804. The lowest BCUT2D eigenvalue weighted by molar-refractivity contribution is 0.0982. The maximum absolute atomic E-state index is 12.7. The number of halogens is 1. The van der Waals surface area contributed by atoms with Gasteiger partial charge in [0.15, 0.2) is 5.78 Å². The van der Waals surface area contributed by atoms with Crippen LogP contribution in [0.1, 0.15) is 27.6 Å². The van der Waals surface area contributed by atoms with E-state index >= 15 is 0 Å². The molecule has 0 bridgehead atoms. The van der Waals surface area contributed by atoms with E-state index in [9.17, 15) is 4.79 Å². The van der Waals surface area contributed by atoms with Crippen LogP contribution in [0, 0.1) is 0 Å². The van der Waals surface area contributed by atoms with Crippen LogP contribution in [-0.4, -0.2) is 5.78 Å². The van der Waals surface area contributed by atoms with Crippen molar-refractivity contribution in [2.24, 2.45) is 0 Å². The second-order valence-corrected chi connectivity index (χ2v) is 7.18. The van der Waals surface area contributed by atoms with Crippen LogP contribution in [0.2, 0.25) is 5.02 Å². The summed E-state index contributed by atoms with van der Waals surface area (Å²) in [5.41, 5.74) is 1.86. The maximum atomic E-state index is 12.7. The Morgan fingerprint density at radius 2 is 1.42 bits per heavy atom. The Hall–Kier alpha value is -2.03. The number of Topliss-reactive ketones (excluding diaryl/α,β-unsaturated/α-hetero) is 1. The molecule has 3 rings (SSSR count). The van der Waals surface area contributed by atoms with Gasteiger partial charge in [-0.25, -0.2) is 0 Å². The molecule has 0 saturated carbocycles. The van der Waals surface area contributed by atoms with Crippen LogP contribution >= 0.6 is 23.4 Å². The fourth-order valence-electron chi connectivity index (χ4n) is 2.48. The Bertz CT molecular complexity index is 785. The number of thioether (sulfide) groups is 1. The molecule has 0 aliphatic rings. The van der Waals surface area contributed by atoms with Crippen molar-refractivity contribution in [2.75, 3.05) is 0 Å². The molecule has 3 aromatic carbocycles. The molecule has 120 valence electrons. The lowest BCUT2D eigenvalue weighted by Crippen LogP contribution is -2.05. The molecule has 1 unspecified atom stereocenters. The number of hydrogen-bond donors (Lipinski definition) is 0. The van der Waals surface area contributed by atoms with E-state index in [-0.39, 0.29) is 11.0 Å². The summed E-state index contributed by atoms with van der Waals surface area (Å²) >= 11 is 7.63. The van der Waals surface area contributed by atoms with Crippen LogP contribution in [0.3, 0.4) is 0 Å². The van der Waals surface area contributed by atoms with E-state index in [4.69, 9.17) is 11.6 Å². The molecule has 0 aromatic heterocycles. The molecular weight excluding hydrogens is 336 g/mol. The van der Waals surface area contributed by atoms with Crippen LogP contribution in [-0.2, 0) is 0 Å². The number of benzene rings is 3. The second-order valence-electron chi connectivity index (χ2n) is 5.46. The van der Waals surface area contributed by atoms with Crippen molar-refractivity contribution in [1.82, 2.24) is 0 Å². The van der Waals surface area contributed by atoms with E-state index < -0.39 is 0 Å². The van der Waals surface area contributed by atoms with Gasteiger partial charge in [0.05, 0.1) is 0 Å². The van der Waals surface area contributed by atoms with Crippen LogP contribution in [0.15, 0.2) is 89.8 Å². The van der Waals surface area contributed by atoms with E-state index in [0.717, 1.165) is 10.5 Å². The average Bonchev–Trinajstić information content (AvgIpc) is 2.63. The maximum Gasteiger partial charge on any atom is 0.164 e. The molecule has 24 heavy (non-hydrogen) atoms. The summed E-state index contributed by atoms with van der Waals surface area (Å²) in [6.07, 6.45) is 0.450. The van der Waals surface area contributed by atoms with Crippen molar-refractivity contribution in [2.45, 2.75) is 16.6 Å². The summed E-state index contributed by atoms with van der Waals surface area (Å²) in [5, 5.41) is 0.724. The van der Waals surface area contributed by atoms with Gasteiger partial charge in [-0.1, -0.05) is 60.1 Å². The highest BCUT2D eigenvalue weighted by Gasteiger charge is 2.18. The van der Waals surface area contributed by atoms with Gasteiger partial charge in [-0.2, -0.15) is 0 Å². The highest BCUT2D eigenvalue weighted by atomic mass is 35.5. The number of ketones is 1. The zero-order valence-corrected chi connectivity index (χ0v) is 14.6. The number of carbonyl (C=O) groups excluding carboxylic acids is 1. The van der Waals surface area contributed by atoms with Crippen LogP contribution in [0.4, 0.5) is 0 Å². The first-order chi connectivity index (χ1) is 11.7. The Morgan fingerprint density at radius 3 is 2.04 bits per heavy atom. The quantitative estimate of drug-likeness (QED) is 0.374. The summed E-state index contributed by atoms with van der Waals surface area (Å²) in [6.45, 7) is 0. The molecule has 3 aromatic rings. The monoisotopic (exact) mass is 352 g/mol. The molecule has 0 spiro atoms. The van der Waals surface area contributed by atoms with E-state index in [2.05, 4.69) is 24.3 Å². The fourth-order valence-corrected chi connectivity index (χ4v) is 3.78. The second kappa shape index (κ2) is 8.18. The summed E-state index contributed by atoms with van der Waals surface area (Å²) in [5.74, 6) is 0.129. The average molecular weight is 353 g/mol. The van der Waals surface area contributed by atoms with Gasteiger partial charge in [-0.3, -0.25) is 4.79 Å². The van der Waals surface area contributed by atoms with Gasteiger partial charge >= 0.3 is 0 Å². The Morgan fingerprint density at radius 1 is 0.833 bits per heavy atom. The first kappa shape index (κ1) is 16.8. The molecule has 1 atom stereocenters. The minimum Gasteiger partial charge on any atom is -0.294 e. The van der Waals surface area contributed by atoms with Crippen molar-refractivity contribution in [3.63, 3.8) is 0 Å². The number of hydrogen-bond acceptors (Lipinski definition) is 2. The first-order valence-corrected chi connectivity index (χ1v) is 9.03. The molecule has 1 nitrogen and oxygen atoms in total. The summed E-state index contributed by atoms with van der Waals surface area (Å²) in [6, 6.07) is 27.5. The number of rotatable bonds is 6. The molecule has 0 aliphatic heterocycles. The fraction of sp³-hybridized carbons (Fsp3) is 0.0952. The van der Waals surface area contributed by atoms with E-state index in [1.54, 1.807) is 36.0 Å². The van der Waals surface area contributed by atoms with Gasteiger partial charge in [0.1, 0.15) is 0 Å². The first-order valence-electron chi connectivity index (χ1n) is 7.78. The van der Waals surface area contributed by atoms with Crippen LogP contribution in [0.5, 0.6) is 0 Å². The highest BCUT2D eigenvalue weighted by Crippen LogP contribution is 2.38. The van der Waals surface area contributed by atoms with Crippen molar-refractivity contribution in [1.29, 1.82) is 0 Å². The Balaban J connectivity index is 1.82. The largest absolute Gasteiger partial charge is 0.294 e. The zero-order valence-electron chi connectivity index (χ0n) is 13.1. The molecule has 0 fully saturated rings. The van der Waals surface area contributed by atoms with E-state index in [0.29, 0.717) is 17.0 Å². The molecular formula is C21H17ClOS. The van der Waals surface area contributed by atoms with E-state index in [1.165, 1.54) is 0 Å². The topological polar surface area (TPSA) is 17.1 Å². The predicted octanol–water partition coefficient (Wildman–Crippen LogP) is 6.45. The van der Waals surface area contributed by atoms with Gasteiger partial charge in [0.2, 0.25) is 0 Å². The van der Waals surface area contributed by atoms with Gasteiger partial charge in [-0.05, 0) is 42.0 Å². The normalized spacial score (nSPS) is 11.9. The molecule has 0 heterocycles. The van der Waals surface area contributed by atoms with Gasteiger partial charge in [0.25, 0.3) is 0 Å². The third-order valence-corrected chi connectivity index (χ3v) is 5.25. The highest BCUT2D eigenvalue weighted by molar-refractivity contribution is 7.99. The Kier molecular flexibility index (Phi) is 5.73. The van der Waals surface area contributed by atoms with E-state index in [1.807, 2.05) is 36.4 Å². The third kappa shape index (κ3) is 4.50. The summed E-state index contributed by atoms with van der Waals surface area (Å²) < 4.78 is 0. The lowest BCUT2D eigenvalue weighted by atomic mass is 10.0. The van der Waals surface area contributed by atoms with Crippen molar-refractivity contribution in [3.8, 4) is 0 Å². The molecule has 0 radical (unpaired) electrons. The van der Waals surface area contributed by atoms with Crippen LogP contribution < -0.4 is 0 Å². The van der Waals surface area contributed by atoms with Crippen molar-refractivity contribution >= 4 is 29.1 Å². The minimum atomic E-state index is 0.0804. The SMILES string of the molecule is O=C(CC(Sc1ccccc1)c1ccccc1)c1ccc(Cl)cc1. The number of carbonyl (C=O) groups is 1. The molecule has 0 saturated heterocycles. The predicted molar refractivity (Wildman–Crippen MR) is 102 cm³/mol. The summed E-state index contributed by atoms with van der Waals surface area (Å²) in [7, 11) is 0. The van der Waals surface area contributed by atoms with Gasteiger partial charge in [-0.15, -0.1) is 11.8 Å². The third-order valence-electron chi connectivity index (χ3n) is 3.73. The molecule has 0 amide bonds. The van der Waals surface area contributed by atoms with Crippen LogP contribution in [0.25, 0.3) is 0 Å². The molecule has 0 aliphatic carbocycles. The lowest BCUT2D eigenvalue weighted by Gasteiger charge is -2.16. The van der Waals surface area contributed by atoms with Gasteiger partial charge in [0, 0.05) is 27.2 Å². The Labute approximate surface area is 151 Å². The zero-order chi connectivity index (χ0) is 16.8. The van der Waals surface area contributed by atoms with Crippen molar-refractivity contribution < 1.29 is 4.79 Å². The smallest absolute Gasteiger partial charge is 0.164 e. The van der Waals surface area contributed by atoms with Gasteiger partial charge < -0.3 is 0 Å². The summed E-state index contributed by atoms with van der Waals surface area (Å²) in [4.78, 5) is 13.8. The standard InChI is InChI=1S/C21H17ClOS/c22-18-13-11-16(12-14-18)20(23)15-21(17-7-3-1-4-8-17)24-19-9-5-2-6-10-19/h1-14,21H,15H2. The molecule has 3 heteroatoms. The van der Waals surface area contributed by atoms with Crippen molar-refractivity contribution in [3.05, 3.63) is 101 Å².